The topological polar surface area (TPSA) is 69.6 Å². The van der Waals surface area contributed by atoms with Crippen molar-refractivity contribution in [1.82, 2.24) is 5.32 Å². The number of carbonyl (C=O) groups is 1. The first-order valence-electron chi connectivity index (χ1n) is 6.62. The largest absolute Gasteiger partial charge is 0.390 e. The average molecular weight is 265 g/mol. The fourth-order valence-corrected chi connectivity index (χ4v) is 1.85. The van der Waals surface area contributed by atoms with Crippen LogP contribution in [0.1, 0.15) is 50.3 Å². The van der Waals surface area contributed by atoms with Crippen LogP contribution in [0.2, 0.25) is 0 Å². The molecule has 0 aliphatic heterocycles. The van der Waals surface area contributed by atoms with Gasteiger partial charge < -0.3 is 15.5 Å². The van der Waals surface area contributed by atoms with Gasteiger partial charge in [-0.3, -0.25) is 4.79 Å². The van der Waals surface area contributed by atoms with Crippen LogP contribution >= 0.6 is 0 Å². The second-order valence-corrected chi connectivity index (χ2v) is 5.11. The molecule has 0 aromatic heterocycles. The molecule has 4 heteroatoms. The lowest BCUT2D eigenvalue weighted by atomic mass is 9.97. The average Bonchev–Trinajstić information content (AvgIpc) is 2.37. The molecule has 1 rings (SSSR count). The van der Waals surface area contributed by atoms with Gasteiger partial charge >= 0.3 is 0 Å². The van der Waals surface area contributed by atoms with Crippen molar-refractivity contribution in [2.24, 2.45) is 0 Å². The first-order valence-corrected chi connectivity index (χ1v) is 6.62. The normalized spacial score (nSPS) is 14.2. The standard InChI is InChI=1S/C15H23NO3/c1-10(2)12-4-6-13(7-5-12)15(19)14(18)8-9-16-11(3)17/h4-7,10,14-15,18-19H,8-9H2,1-3H3,(H,16,17). The molecule has 0 saturated carbocycles. The molecule has 0 aliphatic rings. The summed E-state index contributed by atoms with van der Waals surface area (Å²) in [6.45, 7) is 5.99. The molecule has 1 aromatic rings. The van der Waals surface area contributed by atoms with Gasteiger partial charge in [-0.1, -0.05) is 38.1 Å². The maximum atomic E-state index is 10.7. The third-order valence-corrected chi connectivity index (χ3v) is 3.12. The first kappa shape index (κ1) is 15.7. The van der Waals surface area contributed by atoms with E-state index in [0.717, 1.165) is 0 Å². The second-order valence-electron chi connectivity index (χ2n) is 5.11. The Bertz CT molecular complexity index is 400. The summed E-state index contributed by atoms with van der Waals surface area (Å²) < 4.78 is 0. The summed E-state index contributed by atoms with van der Waals surface area (Å²) >= 11 is 0. The van der Waals surface area contributed by atoms with Gasteiger partial charge in [-0.25, -0.2) is 0 Å². The fraction of sp³-hybridized carbons (Fsp3) is 0.533. The molecule has 0 aliphatic carbocycles. The lowest BCUT2D eigenvalue weighted by molar-refractivity contribution is -0.119. The Morgan fingerprint density at radius 1 is 1.16 bits per heavy atom. The van der Waals surface area contributed by atoms with Crippen molar-refractivity contribution < 1.29 is 15.0 Å². The third kappa shape index (κ3) is 5.01. The number of nitrogens with one attached hydrogen (secondary N) is 1. The molecule has 0 bridgehead atoms. The highest BCUT2D eigenvalue weighted by Crippen LogP contribution is 2.21. The third-order valence-electron chi connectivity index (χ3n) is 3.12. The van der Waals surface area contributed by atoms with E-state index in [9.17, 15) is 15.0 Å². The second kappa shape index (κ2) is 7.26. The number of hydrogen-bond acceptors (Lipinski definition) is 3. The number of aliphatic hydroxyl groups is 2. The summed E-state index contributed by atoms with van der Waals surface area (Å²) in [5.74, 6) is 0.304. The molecular formula is C15H23NO3. The van der Waals surface area contributed by atoms with E-state index >= 15 is 0 Å². The highest BCUT2D eigenvalue weighted by molar-refractivity contribution is 5.72. The molecule has 0 spiro atoms. The van der Waals surface area contributed by atoms with Crippen molar-refractivity contribution in [3.05, 3.63) is 35.4 Å². The molecule has 0 heterocycles. The minimum Gasteiger partial charge on any atom is -0.390 e. The Kier molecular flexibility index (Phi) is 5.99. The predicted octanol–water partition coefficient (Wildman–Crippen LogP) is 1.73. The highest BCUT2D eigenvalue weighted by atomic mass is 16.3. The lowest BCUT2D eigenvalue weighted by Crippen LogP contribution is -2.27. The molecule has 0 radical (unpaired) electrons. The predicted molar refractivity (Wildman–Crippen MR) is 74.8 cm³/mol. The van der Waals surface area contributed by atoms with E-state index in [0.29, 0.717) is 24.4 Å². The molecule has 19 heavy (non-hydrogen) atoms. The van der Waals surface area contributed by atoms with Gasteiger partial charge in [-0.05, 0) is 23.5 Å². The smallest absolute Gasteiger partial charge is 0.216 e. The molecule has 4 nitrogen and oxygen atoms in total. The van der Waals surface area contributed by atoms with E-state index in [2.05, 4.69) is 19.2 Å². The monoisotopic (exact) mass is 265 g/mol. The zero-order chi connectivity index (χ0) is 14.4. The van der Waals surface area contributed by atoms with Gasteiger partial charge in [0, 0.05) is 13.5 Å². The van der Waals surface area contributed by atoms with Crippen molar-refractivity contribution in [2.45, 2.75) is 45.3 Å². The van der Waals surface area contributed by atoms with Crippen LogP contribution in [0.25, 0.3) is 0 Å². The summed E-state index contributed by atoms with van der Waals surface area (Å²) in [7, 11) is 0. The Hall–Kier alpha value is -1.39. The highest BCUT2D eigenvalue weighted by Gasteiger charge is 2.18. The van der Waals surface area contributed by atoms with Crippen LogP contribution in [0.4, 0.5) is 0 Å². The van der Waals surface area contributed by atoms with E-state index in [1.54, 1.807) is 0 Å². The fourth-order valence-electron chi connectivity index (χ4n) is 1.85. The SMILES string of the molecule is CC(=O)NCCC(O)C(O)c1ccc(C(C)C)cc1. The summed E-state index contributed by atoms with van der Waals surface area (Å²) in [4.78, 5) is 10.7. The number of benzene rings is 1. The zero-order valence-corrected chi connectivity index (χ0v) is 11.8. The van der Waals surface area contributed by atoms with Gasteiger partial charge in [-0.15, -0.1) is 0 Å². The van der Waals surface area contributed by atoms with Crippen molar-refractivity contribution in [3.8, 4) is 0 Å². The summed E-state index contributed by atoms with van der Waals surface area (Å²) in [5.41, 5.74) is 1.89. The van der Waals surface area contributed by atoms with Gasteiger partial charge in [-0.2, -0.15) is 0 Å². The Labute approximate surface area is 114 Å². The van der Waals surface area contributed by atoms with Crippen LogP contribution in [-0.2, 0) is 4.79 Å². The van der Waals surface area contributed by atoms with Crippen LogP contribution in [0.5, 0.6) is 0 Å². The zero-order valence-electron chi connectivity index (χ0n) is 11.8. The molecule has 0 saturated heterocycles. The Morgan fingerprint density at radius 3 is 2.16 bits per heavy atom. The lowest BCUT2D eigenvalue weighted by Gasteiger charge is -2.19. The summed E-state index contributed by atoms with van der Waals surface area (Å²) in [5, 5.41) is 22.5. The molecule has 0 fully saturated rings. The number of carbonyl (C=O) groups excluding carboxylic acids is 1. The number of rotatable bonds is 6. The van der Waals surface area contributed by atoms with E-state index < -0.39 is 12.2 Å². The van der Waals surface area contributed by atoms with Gasteiger partial charge in [0.2, 0.25) is 5.91 Å². The first-order chi connectivity index (χ1) is 8.91. The van der Waals surface area contributed by atoms with Gasteiger partial charge in [0.1, 0.15) is 6.10 Å². The molecule has 2 atom stereocenters. The van der Waals surface area contributed by atoms with Gasteiger partial charge in [0.25, 0.3) is 0 Å². The molecule has 1 aromatic carbocycles. The van der Waals surface area contributed by atoms with Crippen LogP contribution in [0, 0.1) is 0 Å². The van der Waals surface area contributed by atoms with Crippen LogP contribution < -0.4 is 5.32 Å². The molecule has 2 unspecified atom stereocenters. The maximum absolute atomic E-state index is 10.7. The molecular weight excluding hydrogens is 242 g/mol. The Balaban J connectivity index is 2.56. The van der Waals surface area contributed by atoms with E-state index in [4.69, 9.17) is 0 Å². The van der Waals surface area contributed by atoms with Crippen molar-refractivity contribution in [3.63, 3.8) is 0 Å². The number of aliphatic hydroxyl groups excluding tert-OH is 2. The van der Waals surface area contributed by atoms with Crippen molar-refractivity contribution >= 4 is 5.91 Å². The van der Waals surface area contributed by atoms with Gasteiger partial charge in [0.05, 0.1) is 6.10 Å². The van der Waals surface area contributed by atoms with Gasteiger partial charge in [0.15, 0.2) is 0 Å². The number of hydrogen-bond donors (Lipinski definition) is 3. The van der Waals surface area contributed by atoms with Crippen molar-refractivity contribution in [2.75, 3.05) is 6.54 Å². The van der Waals surface area contributed by atoms with E-state index in [1.165, 1.54) is 12.5 Å². The summed E-state index contributed by atoms with van der Waals surface area (Å²) in [6.07, 6.45) is -1.47. The van der Waals surface area contributed by atoms with E-state index in [-0.39, 0.29) is 5.91 Å². The number of amides is 1. The summed E-state index contributed by atoms with van der Waals surface area (Å²) in [6, 6.07) is 7.59. The van der Waals surface area contributed by atoms with Crippen LogP contribution in [-0.4, -0.2) is 28.8 Å². The minimum absolute atomic E-state index is 0.136. The molecule has 3 N–H and O–H groups in total. The maximum Gasteiger partial charge on any atom is 0.216 e. The molecule has 106 valence electrons. The van der Waals surface area contributed by atoms with Crippen LogP contribution in [0.3, 0.4) is 0 Å². The minimum atomic E-state index is -0.921. The van der Waals surface area contributed by atoms with E-state index in [1.807, 2.05) is 24.3 Å². The van der Waals surface area contributed by atoms with Crippen molar-refractivity contribution in [1.29, 1.82) is 0 Å². The van der Waals surface area contributed by atoms with Crippen LogP contribution in [0.15, 0.2) is 24.3 Å². The quantitative estimate of drug-likeness (QED) is 0.733. The Morgan fingerprint density at radius 2 is 1.68 bits per heavy atom. The molecule has 1 amide bonds.